The highest BCUT2D eigenvalue weighted by Crippen LogP contribution is 2.24. The number of piperidine rings is 1. The molecule has 1 aliphatic rings. The Labute approximate surface area is 127 Å². The minimum atomic E-state index is -0.723. The van der Waals surface area contributed by atoms with Crippen molar-refractivity contribution in [3.8, 4) is 0 Å². The third-order valence-corrected chi connectivity index (χ3v) is 4.39. The lowest BCUT2D eigenvalue weighted by Crippen LogP contribution is -2.44. The Morgan fingerprint density at radius 3 is 2.81 bits per heavy atom. The molecule has 21 heavy (non-hydrogen) atoms. The van der Waals surface area contributed by atoms with E-state index in [9.17, 15) is 9.90 Å². The molecule has 4 nitrogen and oxygen atoms in total. The van der Waals surface area contributed by atoms with Gasteiger partial charge in [-0.3, -0.25) is 9.69 Å². The molecule has 0 amide bonds. The van der Waals surface area contributed by atoms with Gasteiger partial charge in [0, 0.05) is 12.6 Å². The van der Waals surface area contributed by atoms with Gasteiger partial charge in [0.25, 0.3) is 0 Å². The van der Waals surface area contributed by atoms with Crippen molar-refractivity contribution in [1.29, 1.82) is 0 Å². The number of aliphatic carboxylic acids is 1. The van der Waals surface area contributed by atoms with Gasteiger partial charge in [0.2, 0.25) is 0 Å². The van der Waals surface area contributed by atoms with Gasteiger partial charge in [0.1, 0.15) is 0 Å². The van der Waals surface area contributed by atoms with Gasteiger partial charge >= 0.3 is 5.97 Å². The monoisotopic (exact) mass is 290 g/mol. The molecule has 0 spiro atoms. The number of carboxylic acid groups (broad SMARTS) is 1. The summed E-state index contributed by atoms with van der Waals surface area (Å²) < 4.78 is 0. The highest BCUT2D eigenvalue weighted by molar-refractivity contribution is 5.76. The molecule has 0 radical (unpaired) electrons. The van der Waals surface area contributed by atoms with E-state index in [1.165, 1.54) is 19.3 Å². The normalized spacial score (nSPS) is 21.1. The summed E-state index contributed by atoms with van der Waals surface area (Å²) in [4.78, 5) is 14.0. The minimum absolute atomic E-state index is 0.429. The Balaban J connectivity index is 2.06. The summed E-state index contributed by atoms with van der Waals surface area (Å²) >= 11 is 0. The molecule has 0 bridgehead atoms. The van der Waals surface area contributed by atoms with E-state index < -0.39 is 11.9 Å². The topological polar surface area (TPSA) is 52.6 Å². The standard InChI is InChI=1S/C17H26N2O2/c1-18-11-10-15-9-5-6-12-19(15)13-16(17(20)21)14-7-3-2-4-8-14/h2-4,7-8,15-16,18H,5-6,9-13H2,1H3,(H,20,21). The summed E-state index contributed by atoms with van der Waals surface area (Å²) in [6, 6.07) is 10.1. The molecular formula is C17H26N2O2. The van der Waals surface area contributed by atoms with Gasteiger partial charge in [-0.25, -0.2) is 0 Å². The molecule has 1 heterocycles. The molecule has 1 aromatic carbocycles. The number of carbonyl (C=O) groups is 1. The lowest BCUT2D eigenvalue weighted by Gasteiger charge is -2.37. The van der Waals surface area contributed by atoms with E-state index in [1.807, 2.05) is 37.4 Å². The fraction of sp³-hybridized carbons (Fsp3) is 0.588. The quantitative estimate of drug-likeness (QED) is 0.809. The van der Waals surface area contributed by atoms with Crippen molar-refractivity contribution in [2.75, 3.05) is 26.7 Å². The maximum atomic E-state index is 11.7. The minimum Gasteiger partial charge on any atom is -0.481 e. The Morgan fingerprint density at radius 2 is 2.14 bits per heavy atom. The first-order valence-corrected chi connectivity index (χ1v) is 7.88. The number of benzene rings is 1. The van der Waals surface area contributed by atoms with Crippen molar-refractivity contribution in [3.05, 3.63) is 35.9 Å². The van der Waals surface area contributed by atoms with E-state index in [-0.39, 0.29) is 0 Å². The molecule has 0 saturated carbocycles. The number of carboxylic acids is 1. The number of hydrogen-bond acceptors (Lipinski definition) is 3. The molecule has 1 fully saturated rings. The molecule has 2 rings (SSSR count). The highest BCUT2D eigenvalue weighted by Gasteiger charge is 2.28. The molecule has 1 aliphatic heterocycles. The maximum Gasteiger partial charge on any atom is 0.312 e. The second-order valence-electron chi connectivity index (χ2n) is 5.84. The molecule has 116 valence electrons. The van der Waals surface area contributed by atoms with Gasteiger partial charge in [-0.05, 0) is 45.0 Å². The fourth-order valence-corrected chi connectivity index (χ4v) is 3.18. The first-order chi connectivity index (χ1) is 10.2. The molecule has 2 unspecified atom stereocenters. The van der Waals surface area contributed by atoms with Crippen molar-refractivity contribution in [2.45, 2.75) is 37.6 Å². The van der Waals surface area contributed by atoms with Gasteiger partial charge in [-0.15, -0.1) is 0 Å². The third-order valence-electron chi connectivity index (χ3n) is 4.39. The zero-order valence-electron chi connectivity index (χ0n) is 12.8. The SMILES string of the molecule is CNCCC1CCCCN1CC(C(=O)O)c1ccccc1. The summed E-state index contributed by atoms with van der Waals surface area (Å²) in [5.41, 5.74) is 0.905. The molecule has 1 aromatic rings. The summed E-state index contributed by atoms with van der Waals surface area (Å²) in [6.45, 7) is 2.63. The van der Waals surface area contributed by atoms with Crippen LogP contribution in [0.4, 0.5) is 0 Å². The Kier molecular flexibility index (Phi) is 6.21. The van der Waals surface area contributed by atoms with Crippen LogP contribution in [0.5, 0.6) is 0 Å². The average Bonchev–Trinajstić information content (AvgIpc) is 2.52. The largest absolute Gasteiger partial charge is 0.481 e. The highest BCUT2D eigenvalue weighted by atomic mass is 16.4. The van der Waals surface area contributed by atoms with Crippen molar-refractivity contribution < 1.29 is 9.90 Å². The number of likely N-dealkylation sites (tertiary alicyclic amines) is 1. The summed E-state index contributed by atoms with van der Waals surface area (Å²) in [6.07, 6.45) is 4.71. The first-order valence-electron chi connectivity index (χ1n) is 7.88. The molecular weight excluding hydrogens is 264 g/mol. The average molecular weight is 290 g/mol. The molecule has 4 heteroatoms. The molecule has 0 aliphatic carbocycles. The zero-order valence-corrected chi connectivity index (χ0v) is 12.8. The van der Waals surface area contributed by atoms with Crippen LogP contribution in [0.1, 0.15) is 37.2 Å². The van der Waals surface area contributed by atoms with Gasteiger partial charge in [-0.1, -0.05) is 36.8 Å². The van der Waals surface area contributed by atoms with E-state index in [2.05, 4.69) is 10.2 Å². The first kappa shape index (κ1) is 16.0. The summed E-state index contributed by atoms with van der Waals surface area (Å²) in [7, 11) is 1.97. The number of nitrogens with zero attached hydrogens (tertiary/aromatic N) is 1. The van der Waals surface area contributed by atoms with Crippen LogP contribution in [0.3, 0.4) is 0 Å². The molecule has 0 aromatic heterocycles. The molecule has 2 atom stereocenters. The van der Waals surface area contributed by atoms with Gasteiger partial charge in [-0.2, -0.15) is 0 Å². The van der Waals surface area contributed by atoms with Crippen LogP contribution in [0.2, 0.25) is 0 Å². The van der Waals surface area contributed by atoms with Crippen LogP contribution in [0.15, 0.2) is 30.3 Å². The van der Waals surface area contributed by atoms with Crippen LogP contribution < -0.4 is 5.32 Å². The van der Waals surface area contributed by atoms with E-state index in [1.54, 1.807) is 0 Å². The number of hydrogen-bond donors (Lipinski definition) is 2. The van der Waals surface area contributed by atoms with Gasteiger partial charge < -0.3 is 10.4 Å². The summed E-state index contributed by atoms with van der Waals surface area (Å²) in [5, 5.41) is 12.8. The number of nitrogens with one attached hydrogen (secondary N) is 1. The number of rotatable bonds is 7. The third kappa shape index (κ3) is 4.55. The predicted octanol–water partition coefficient (Wildman–Crippen LogP) is 2.32. The van der Waals surface area contributed by atoms with Gasteiger partial charge in [0.15, 0.2) is 0 Å². The van der Waals surface area contributed by atoms with Crippen LogP contribution in [0.25, 0.3) is 0 Å². The van der Waals surface area contributed by atoms with Crippen LogP contribution >= 0.6 is 0 Å². The van der Waals surface area contributed by atoms with E-state index >= 15 is 0 Å². The lowest BCUT2D eigenvalue weighted by atomic mass is 9.94. The zero-order chi connectivity index (χ0) is 15.1. The van der Waals surface area contributed by atoms with Crippen LogP contribution in [0, 0.1) is 0 Å². The molecule has 1 saturated heterocycles. The van der Waals surface area contributed by atoms with E-state index in [0.717, 1.165) is 25.1 Å². The Bertz CT molecular complexity index is 436. The Hall–Kier alpha value is -1.39. The molecule has 2 N–H and O–H groups in total. The smallest absolute Gasteiger partial charge is 0.312 e. The lowest BCUT2D eigenvalue weighted by molar-refractivity contribution is -0.139. The predicted molar refractivity (Wildman–Crippen MR) is 84.6 cm³/mol. The van der Waals surface area contributed by atoms with E-state index in [4.69, 9.17) is 0 Å². The fourth-order valence-electron chi connectivity index (χ4n) is 3.18. The Morgan fingerprint density at radius 1 is 1.38 bits per heavy atom. The second kappa shape index (κ2) is 8.15. The van der Waals surface area contributed by atoms with Crippen molar-refractivity contribution in [2.24, 2.45) is 0 Å². The van der Waals surface area contributed by atoms with E-state index in [0.29, 0.717) is 12.6 Å². The van der Waals surface area contributed by atoms with Crippen LogP contribution in [-0.4, -0.2) is 48.7 Å². The summed E-state index contributed by atoms with van der Waals surface area (Å²) in [5.74, 6) is -1.15. The second-order valence-corrected chi connectivity index (χ2v) is 5.84. The van der Waals surface area contributed by atoms with Gasteiger partial charge in [0.05, 0.1) is 5.92 Å². The van der Waals surface area contributed by atoms with Crippen molar-refractivity contribution in [1.82, 2.24) is 10.2 Å². The van der Waals surface area contributed by atoms with Crippen molar-refractivity contribution >= 4 is 5.97 Å². The van der Waals surface area contributed by atoms with Crippen LogP contribution in [-0.2, 0) is 4.79 Å². The van der Waals surface area contributed by atoms with Crippen molar-refractivity contribution in [3.63, 3.8) is 0 Å². The maximum absolute atomic E-state index is 11.7.